The van der Waals surface area contributed by atoms with Crippen LogP contribution in [0, 0.1) is 0 Å². The van der Waals surface area contributed by atoms with Crippen LogP contribution in [-0.4, -0.2) is 31.2 Å². The molecule has 1 amide bonds. The van der Waals surface area contributed by atoms with Gasteiger partial charge < -0.3 is 10.1 Å². The molecule has 1 aromatic rings. The maximum atomic E-state index is 13.1. The number of carbonyl (C=O) groups excluding carboxylic acids is 1. The number of halogens is 2. The van der Waals surface area contributed by atoms with Crippen molar-refractivity contribution in [2.45, 2.75) is 56.5 Å². The molecule has 1 aromatic carbocycles. The number of hydrogen-bond donors (Lipinski definition) is 2. The van der Waals surface area contributed by atoms with Gasteiger partial charge in [-0.15, -0.1) is 0 Å². The van der Waals surface area contributed by atoms with Crippen LogP contribution in [0.2, 0.25) is 0 Å². The lowest BCUT2D eigenvalue weighted by molar-refractivity contribution is -0.0642. The zero-order chi connectivity index (χ0) is 17.2. The molecule has 1 heterocycles. The Balaban J connectivity index is 1.51. The van der Waals surface area contributed by atoms with E-state index >= 15 is 0 Å². The van der Waals surface area contributed by atoms with E-state index in [1.165, 1.54) is 5.56 Å². The van der Waals surface area contributed by atoms with Gasteiger partial charge in [-0.25, -0.2) is 13.6 Å². The van der Waals surface area contributed by atoms with Gasteiger partial charge in [0, 0.05) is 30.5 Å². The van der Waals surface area contributed by atoms with E-state index in [0.29, 0.717) is 5.69 Å². The molecule has 0 aromatic heterocycles. The van der Waals surface area contributed by atoms with E-state index in [2.05, 4.69) is 17.6 Å². The zero-order valence-electron chi connectivity index (χ0n) is 13.9. The third-order valence-electron chi connectivity index (χ3n) is 5.13. The molecule has 2 fully saturated rings. The number of hydrogen-bond acceptors (Lipinski definition) is 3. The van der Waals surface area contributed by atoms with Crippen LogP contribution >= 0.6 is 0 Å². The molecule has 1 atom stereocenters. The second kappa shape index (κ2) is 6.67. The van der Waals surface area contributed by atoms with E-state index in [-0.39, 0.29) is 31.1 Å². The van der Waals surface area contributed by atoms with Crippen molar-refractivity contribution in [1.82, 2.24) is 5.32 Å². The van der Waals surface area contributed by atoms with Gasteiger partial charge in [-0.05, 0) is 43.5 Å². The van der Waals surface area contributed by atoms with Crippen molar-refractivity contribution in [2.75, 3.05) is 18.4 Å². The van der Waals surface area contributed by atoms with E-state index in [4.69, 9.17) is 4.74 Å². The average molecular weight is 338 g/mol. The molecule has 0 bridgehead atoms. The summed E-state index contributed by atoms with van der Waals surface area (Å²) in [7, 11) is 0. The summed E-state index contributed by atoms with van der Waals surface area (Å²) in [5, 5.41) is 6.04. The summed E-state index contributed by atoms with van der Waals surface area (Å²) in [6.45, 7) is 4.19. The molecule has 1 saturated carbocycles. The molecule has 1 unspecified atom stereocenters. The highest BCUT2D eigenvalue weighted by Crippen LogP contribution is 2.34. The molecular formula is C18H24F2N2O2. The van der Waals surface area contributed by atoms with Crippen LogP contribution in [0.4, 0.5) is 19.3 Å². The molecule has 2 N–H and O–H groups in total. The Kier molecular flexibility index (Phi) is 4.76. The van der Waals surface area contributed by atoms with Crippen molar-refractivity contribution in [3.8, 4) is 0 Å². The lowest BCUT2D eigenvalue weighted by Gasteiger charge is -2.28. The molecule has 1 aliphatic carbocycles. The van der Waals surface area contributed by atoms with Gasteiger partial charge in [-0.1, -0.05) is 19.1 Å². The number of amides is 1. The summed E-state index contributed by atoms with van der Waals surface area (Å²) in [5.74, 6) is -2.61. The van der Waals surface area contributed by atoms with Crippen molar-refractivity contribution >= 4 is 11.8 Å². The lowest BCUT2D eigenvalue weighted by Crippen LogP contribution is -2.31. The van der Waals surface area contributed by atoms with Crippen LogP contribution in [0.3, 0.4) is 0 Å². The summed E-state index contributed by atoms with van der Waals surface area (Å²) in [5.41, 5.74) is 2.02. The summed E-state index contributed by atoms with van der Waals surface area (Å²) < 4.78 is 31.4. The first-order valence-corrected chi connectivity index (χ1v) is 8.53. The van der Waals surface area contributed by atoms with Crippen LogP contribution in [0.5, 0.6) is 0 Å². The fourth-order valence-electron chi connectivity index (χ4n) is 3.45. The van der Waals surface area contributed by atoms with E-state index in [9.17, 15) is 13.6 Å². The SMILES string of the molecule is CC1(c2ccc(NC(=O)OC3CCC(F)(F)CC3)cc2)CCNC1. The molecule has 3 rings (SSSR count). The van der Waals surface area contributed by atoms with Gasteiger partial charge in [0.1, 0.15) is 6.10 Å². The zero-order valence-corrected chi connectivity index (χ0v) is 13.9. The molecule has 1 saturated heterocycles. The Morgan fingerprint density at radius 1 is 1.21 bits per heavy atom. The van der Waals surface area contributed by atoms with E-state index < -0.39 is 18.1 Å². The minimum absolute atomic E-state index is 0.131. The van der Waals surface area contributed by atoms with Gasteiger partial charge in [0.05, 0.1) is 0 Å². The summed E-state index contributed by atoms with van der Waals surface area (Å²) in [6, 6.07) is 7.75. The van der Waals surface area contributed by atoms with E-state index in [1.807, 2.05) is 24.3 Å². The first-order valence-electron chi connectivity index (χ1n) is 8.53. The normalized spacial score (nSPS) is 27.0. The number of benzene rings is 1. The second-order valence-electron chi connectivity index (χ2n) is 7.15. The Labute approximate surface area is 141 Å². The van der Waals surface area contributed by atoms with Gasteiger partial charge in [-0.2, -0.15) is 0 Å². The first kappa shape index (κ1) is 17.1. The summed E-state index contributed by atoms with van der Waals surface area (Å²) in [4.78, 5) is 11.9. The number of carbonyl (C=O) groups is 1. The van der Waals surface area contributed by atoms with Crippen LogP contribution in [-0.2, 0) is 10.2 Å². The topological polar surface area (TPSA) is 50.4 Å². The van der Waals surface area contributed by atoms with Crippen molar-refractivity contribution in [3.63, 3.8) is 0 Å². The van der Waals surface area contributed by atoms with Crippen LogP contribution in [0.15, 0.2) is 24.3 Å². The maximum Gasteiger partial charge on any atom is 0.411 e. The van der Waals surface area contributed by atoms with Crippen LogP contribution < -0.4 is 10.6 Å². The second-order valence-corrected chi connectivity index (χ2v) is 7.15. The monoisotopic (exact) mass is 338 g/mol. The number of alkyl halides is 2. The molecule has 1 aliphatic heterocycles. The minimum atomic E-state index is -2.61. The van der Waals surface area contributed by atoms with Crippen molar-refractivity contribution < 1.29 is 18.3 Å². The minimum Gasteiger partial charge on any atom is -0.446 e. The number of rotatable bonds is 3. The average Bonchev–Trinajstić information content (AvgIpc) is 2.98. The highest BCUT2D eigenvalue weighted by molar-refractivity contribution is 5.84. The molecule has 4 nitrogen and oxygen atoms in total. The standard InChI is InChI=1S/C18H24F2N2O2/c1-17(10-11-21-12-17)13-2-4-14(5-3-13)22-16(23)24-15-6-8-18(19,20)9-7-15/h2-5,15,21H,6-12H2,1H3,(H,22,23). The molecule has 132 valence electrons. The Bertz CT molecular complexity index is 573. The Morgan fingerprint density at radius 2 is 1.88 bits per heavy atom. The summed E-state index contributed by atoms with van der Waals surface area (Å²) in [6.07, 6.45) is 0.0845. The van der Waals surface area contributed by atoms with E-state index in [0.717, 1.165) is 19.5 Å². The predicted molar refractivity (Wildman–Crippen MR) is 88.6 cm³/mol. The largest absolute Gasteiger partial charge is 0.446 e. The molecule has 0 radical (unpaired) electrons. The highest BCUT2D eigenvalue weighted by Gasteiger charge is 2.36. The number of ether oxygens (including phenoxy) is 1. The smallest absolute Gasteiger partial charge is 0.411 e. The van der Waals surface area contributed by atoms with Gasteiger partial charge in [0.25, 0.3) is 0 Å². The number of nitrogens with one attached hydrogen (secondary N) is 2. The van der Waals surface area contributed by atoms with E-state index in [1.54, 1.807) is 0 Å². The highest BCUT2D eigenvalue weighted by atomic mass is 19.3. The van der Waals surface area contributed by atoms with Crippen molar-refractivity contribution in [3.05, 3.63) is 29.8 Å². The predicted octanol–water partition coefficient (Wildman–Crippen LogP) is 4.06. The maximum absolute atomic E-state index is 13.1. The molecular weight excluding hydrogens is 314 g/mol. The third kappa shape index (κ3) is 4.04. The fraction of sp³-hybridized carbons (Fsp3) is 0.611. The lowest BCUT2D eigenvalue weighted by atomic mass is 9.82. The van der Waals surface area contributed by atoms with Gasteiger partial charge in [0.2, 0.25) is 5.92 Å². The van der Waals surface area contributed by atoms with Crippen LogP contribution in [0.1, 0.15) is 44.6 Å². The molecule has 6 heteroatoms. The fourth-order valence-corrected chi connectivity index (χ4v) is 3.45. The van der Waals surface area contributed by atoms with Crippen LogP contribution in [0.25, 0.3) is 0 Å². The van der Waals surface area contributed by atoms with Crippen molar-refractivity contribution in [1.29, 1.82) is 0 Å². The molecule has 24 heavy (non-hydrogen) atoms. The van der Waals surface area contributed by atoms with Gasteiger partial charge in [-0.3, -0.25) is 5.32 Å². The Morgan fingerprint density at radius 3 is 2.46 bits per heavy atom. The van der Waals surface area contributed by atoms with Crippen molar-refractivity contribution in [2.24, 2.45) is 0 Å². The quantitative estimate of drug-likeness (QED) is 0.874. The summed E-state index contributed by atoms with van der Waals surface area (Å²) >= 11 is 0. The van der Waals surface area contributed by atoms with Gasteiger partial charge in [0.15, 0.2) is 0 Å². The first-order chi connectivity index (χ1) is 11.4. The third-order valence-corrected chi connectivity index (χ3v) is 5.13. The Hall–Kier alpha value is -1.69. The number of anilines is 1. The molecule has 0 spiro atoms. The van der Waals surface area contributed by atoms with Gasteiger partial charge >= 0.3 is 6.09 Å². The molecule has 2 aliphatic rings.